The van der Waals surface area contributed by atoms with Crippen LogP contribution in [0.4, 0.5) is 17.2 Å². The number of ether oxygens (including phenoxy) is 1. The van der Waals surface area contributed by atoms with Crippen molar-refractivity contribution in [3.63, 3.8) is 0 Å². The van der Waals surface area contributed by atoms with Gasteiger partial charge < -0.3 is 29.0 Å². The Bertz CT molecular complexity index is 2240. The van der Waals surface area contributed by atoms with Gasteiger partial charge in [0.15, 0.2) is 0 Å². The Morgan fingerprint density at radius 2 is 1.82 bits per heavy atom. The Balaban J connectivity index is 0.00000406. The third-order valence-corrected chi connectivity index (χ3v) is 10.9. The summed E-state index contributed by atoms with van der Waals surface area (Å²) in [6, 6.07) is 10.4. The van der Waals surface area contributed by atoms with E-state index in [0.717, 1.165) is 56.9 Å². The molecule has 2 aliphatic heterocycles. The van der Waals surface area contributed by atoms with Gasteiger partial charge in [-0.2, -0.15) is 13.5 Å². The molecule has 0 bridgehead atoms. The second kappa shape index (κ2) is 13.3. The molecule has 12 nitrogen and oxygen atoms in total. The number of aliphatic hydroxyl groups is 1. The van der Waals surface area contributed by atoms with Crippen molar-refractivity contribution in [2.24, 2.45) is 12.5 Å². The quantitative estimate of drug-likeness (QED) is 0.259. The number of fused-ring (bicyclic) bond motifs is 3. The summed E-state index contributed by atoms with van der Waals surface area (Å²) < 4.78 is 10.5. The van der Waals surface area contributed by atoms with Crippen LogP contribution < -0.4 is 21.3 Å². The summed E-state index contributed by atoms with van der Waals surface area (Å²) in [6.45, 7) is 12.8. The Kier molecular flexibility index (Phi) is 9.11. The van der Waals surface area contributed by atoms with Crippen molar-refractivity contribution in [3.05, 3.63) is 98.3 Å². The van der Waals surface area contributed by atoms with Crippen LogP contribution >= 0.6 is 13.5 Å². The second-order valence-electron chi connectivity index (χ2n) is 14.9. The number of pyridine rings is 3. The fourth-order valence-electron chi connectivity index (χ4n) is 8.01. The maximum absolute atomic E-state index is 13.9. The second-order valence-corrected chi connectivity index (χ2v) is 14.9. The number of rotatable bonds is 7. The molecule has 0 amide bonds. The average molecular weight is 711 g/mol. The van der Waals surface area contributed by atoms with Crippen LogP contribution in [-0.2, 0) is 31.2 Å². The standard InChI is InChI=1S/C38H44N8O4.H2S/c1-23-19-43(27-21-50-22-27)10-11-44(23)26-6-7-34(40-18-26)41-31-15-29(24(2)42(5)36(31)48)28-8-9-39-35(30(28)20-47)46-13-12-45-32(37(46)49)14-25-16-38(3,4)17-33(25)45;/h6-9,12-15,18,23,27,47H,10-11,16-17,19-22H2,1-5H3,(H,40,41);1H2/t23-;/m0./s1. The van der Waals surface area contributed by atoms with Gasteiger partial charge >= 0.3 is 0 Å². The zero-order valence-corrected chi connectivity index (χ0v) is 30.8. The molecular weight excluding hydrogens is 665 g/mol. The highest BCUT2D eigenvalue weighted by molar-refractivity contribution is 7.59. The molecule has 5 aromatic rings. The fraction of sp³-hybridized carbons (Fsp3) is 0.421. The van der Waals surface area contributed by atoms with Crippen molar-refractivity contribution in [1.82, 2.24) is 28.4 Å². The highest BCUT2D eigenvalue weighted by Gasteiger charge is 2.33. The van der Waals surface area contributed by atoms with Gasteiger partial charge in [0.2, 0.25) is 0 Å². The third kappa shape index (κ3) is 6.05. The van der Waals surface area contributed by atoms with Crippen LogP contribution in [0.5, 0.6) is 0 Å². The summed E-state index contributed by atoms with van der Waals surface area (Å²) in [6.07, 6.45) is 8.97. The molecule has 1 atom stereocenters. The summed E-state index contributed by atoms with van der Waals surface area (Å²) >= 11 is 0. The number of aromatic nitrogens is 5. The molecule has 0 saturated carbocycles. The first-order chi connectivity index (χ1) is 24.0. The number of nitrogens with zero attached hydrogens (tertiary/aromatic N) is 7. The lowest BCUT2D eigenvalue weighted by Gasteiger charge is -2.46. The number of anilines is 3. The highest BCUT2D eigenvalue weighted by atomic mass is 32.1. The minimum absolute atomic E-state index is 0. The molecule has 3 aliphatic rings. The van der Waals surface area contributed by atoms with Gasteiger partial charge in [0.05, 0.1) is 37.7 Å². The van der Waals surface area contributed by atoms with Crippen molar-refractivity contribution in [3.8, 4) is 16.9 Å². The van der Waals surface area contributed by atoms with Gasteiger partial charge in [-0.1, -0.05) is 13.8 Å². The van der Waals surface area contributed by atoms with E-state index in [0.29, 0.717) is 51.7 Å². The molecule has 51 heavy (non-hydrogen) atoms. The molecule has 0 radical (unpaired) electrons. The summed E-state index contributed by atoms with van der Waals surface area (Å²) in [5.41, 5.74) is 6.76. The Morgan fingerprint density at radius 3 is 2.51 bits per heavy atom. The summed E-state index contributed by atoms with van der Waals surface area (Å²) in [4.78, 5) is 41.5. The highest BCUT2D eigenvalue weighted by Crippen LogP contribution is 2.38. The first-order valence-electron chi connectivity index (χ1n) is 17.4. The Hall–Kier alpha value is -4.43. The number of hydrogen-bond donors (Lipinski definition) is 2. The Labute approximate surface area is 303 Å². The molecule has 8 rings (SSSR count). The van der Waals surface area contributed by atoms with Crippen LogP contribution in [0.25, 0.3) is 22.5 Å². The molecule has 2 saturated heterocycles. The third-order valence-electron chi connectivity index (χ3n) is 10.9. The summed E-state index contributed by atoms with van der Waals surface area (Å²) in [5.74, 6) is 0.911. The maximum atomic E-state index is 13.9. The van der Waals surface area contributed by atoms with Crippen LogP contribution in [-0.4, -0.2) is 78.4 Å². The zero-order chi connectivity index (χ0) is 34.9. The van der Waals surface area contributed by atoms with E-state index in [1.54, 1.807) is 30.1 Å². The van der Waals surface area contributed by atoms with E-state index in [9.17, 15) is 14.7 Å². The molecule has 268 valence electrons. The van der Waals surface area contributed by atoms with Gasteiger partial charge in [0.1, 0.15) is 22.8 Å². The molecule has 2 fully saturated rings. The molecule has 0 aromatic carbocycles. The molecule has 0 unspecified atom stereocenters. The van der Waals surface area contributed by atoms with E-state index >= 15 is 0 Å². The van der Waals surface area contributed by atoms with E-state index in [1.807, 2.05) is 48.0 Å². The molecule has 13 heteroatoms. The predicted molar refractivity (Wildman–Crippen MR) is 204 cm³/mol. The number of aliphatic hydroxyl groups excluding tert-OH is 1. The first-order valence-corrected chi connectivity index (χ1v) is 17.4. The molecule has 5 aromatic heterocycles. The number of hydrogen-bond acceptors (Lipinski definition) is 9. The SMILES string of the molecule is Cc1c(-c2ccnc(-n3ccn4c5c(cc4c3=O)CC(C)(C)C5)c2CO)cc(Nc2ccc(N3CCN(C4COC4)C[C@@H]3C)cn2)c(=O)n1C.S. The number of piperazine rings is 1. The minimum atomic E-state index is -0.350. The van der Waals surface area contributed by atoms with Crippen molar-refractivity contribution in [1.29, 1.82) is 0 Å². The van der Waals surface area contributed by atoms with Crippen LogP contribution in [0.2, 0.25) is 0 Å². The minimum Gasteiger partial charge on any atom is -0.392 e. The van der Waals surface area contributed by atoms with Gasteiger partial charge in [-0.05, 0) is 73.6 Å². The molecule has 7 heterocycles. The monoisotopic (exact) mass is 710 g/mol. The number of nitrogens with one attached hydrogen (secondary N) is 1. The van der Waals surface area contributed by atoms with E-state index in [2.05, 4.69) is 45.9 Å². The largest absolute Gasteiger partial charge is 0.392 e. The predicted octanol–water partition coefficient (Wildman–Crippen LogP) is 3.94. The van der Waals surface area contributed by atoms with Crippen LogP contribution in [0.15, 0.2) is 64.7 Å². The van der Waals surface area contributed by atoms with Gasteiger partial charge in [-0.25, -0.2) is 9.97 Å². The lowest BCUT2D eigenvalue weighted by molar-refractivity contribution is -0.0691. The van der Waals surface area contributed by atoms with Gasteiger partial charge in [0, 0.05) is 73.8 Å². The lowest BCUT2D eigenvalue weighted by Crippen LogP contribution is -2.59. The fourth-order valence-corrected chi connectivity index (χ4v) is 8.01. The van der Waals surface area contributed by atoms with Crippen molar-refractivity contribution >= 4 is 36.2 Å². The zero-order valence-electron chi connectivity index (χ0n) is 29.8. The van der Waals surface area contributed by atoms with Crippen LogP contribution in [0.1, 0.15) is 43.3 Å². The van der Waals surface area contributed by atoms with Crippen LogP contribution in [0, 0.1) is 12.3 Å². The van der Waals surface area contributed by atoms with Crippen molar-refractivity contribution < 1.29 is 9.84 Å². The summed E-state index contributed by atoms with van der Waals surface area (Å²) in [7, 11) is 1.73. The molecule has 1 aliphatic carbocycles. The maximum Gasteiger partial charge on any atom is 0.280 e. The van der Waals surface area contributed by atoms with E-state index in [4.69, 9.17) is 4.74 Å². The average Bonchev–Trinajstić information content (AvgIpc) is 3.56. The lowest BCUT2D eigenvalue weighted by atomic mass is 9.90. The Morgan fingerprint density at radius 1 is 1.02 bits per heavy atom. The summed E-state index contributed by atoms with van der Waals surface area (Å²) in [5, 5.41) is 14.0. The van der Waals surface area contributed by atoms with Gasteiger partial charge in [0.25, 0.3) is 11.1 Å². The normalized spacial score (nSPS) is 18.8. The van der Waals surface area contributed by atoms with Crippen molar-refractivity contribution in [2.45, 2.75) is 59.2 Å². The van der Waals surface area contributed by atoms with Gasteiger partial charge in [-0.3, -0.25) is 19.1 Å². The molecule has 2 N–H and O–H groups in total. The first kappa shape index (κ1) is 35.0. The smallest absolute Gasteiger partial charge is 0.280 e. The molecule has 0 spiro atoms. The molecular formula is C38H46N8O4S. The van der Waals surface area contributed by atoms with Gasteiger partial charge in [-0.15, -0.1) is 0 Å². The van der Waals surface area contributed by atoms with Crippen molar-refractivity contribution in [2.75, 3.05) is 43.1 Å². The van der Waals surface area contributed by atoms with E-state index in [1.165, 1.54) is 15.8 Å². The van der Waals surface area contributed by atoms with E-state index < -0.39 is 0 Å². The van der Waals surface area contributed by atoms with E-state index in [-0.39, 0.29) is 36.6 Å². The topological polar surface area (TPSA) is 122 Å². The van der Waals surface area contributed by atoms with Crippen LogP contribution in [0.3, 0.4) is 0 Å².